The fourth-order valence-corrected chi connectivity index (χ4v) is 2.65. The summed E-state index contributed by atoms with van der Waals surface area (Å²) >= 11 is 3.55. The van der Waals surface area contributed by atoms with Gasteiger partial charge in [-0.25, -0.2) is 4.98 Å². The molecule has 0 aromatic carbocycles. The zero-order valence-corrected chi connectivity index (χ0v) is 11.6. The van der Waals surface area contributed by atoms with Crippen LogP contribution in [-0.4, -0.2) is 30.5 Å². The number of carbonyl (C=O) groups is 1. The third-order valence-corrected chi connectivity index (χ3v) is 4.12. The van der Waals surface area contributed by atoms with Gasteiger partial charge in [0, 0.05) is 19.8 Å². The van der Waals surface area contributed by atoms with Crippen LogP contribution in [0.1, 0.15) is 18.4 Å². The number of amides is 1. The lowest BCUT2D eigenvalue weighted by atomic mass is 10.2. The van der Waals surface area contributed by atoms with Crippen LogP contribution in [0.3, 0.4) is 0 Å². The number of hydrogen-bond acceptors (Lipinski definition) is 3. The second kappa shape index (κ2) is 5.04. The van der Waals surface area contributed by atoms with E-state index in [0.29, 0.717) is 0 Å². The number of nitrogens with one attached hydrogen (secondary N) is 1. The first-order chi connectivity index (χ1) is 8.15. The van der Waals surface area contributed by atoms with E-state index in [1.54, 1.807) is 13.2 Å². The highest BCUT2D eigenvalue weighted by atomic mass is 79.9. The minimum absolute atomic E-state index is 0.0673. The van der Waals surface area contributed by atoms with Crippen LogP contribution in [0.4, 0.5) is 5.82 Å². The van der Waals surface area contributed by atoms with Gasteiger partial charge in [-0.1, -0.05) is 0 Å². The van der Waals surface area contributed by atoms with Crippen LogP contribution < -0.4 is 10.2 Å². The zero-order valence-electron chi connectivity index (χ0n) is 10.0. The molecule has 1 unspecified atom stereocenters. The summed E-state index contributed by atoms with van der Waals surface area (Å²) in [4.78, 5) is 18.3. The third kappa shape index (κ3) is 2.29. The summed E-state index contributed by atoms with van der Waals surface area (Å²) in [6.45, 7) is 2.91. The topological polar surface area (TPSA) is 45.2 Å². The number of nitrogens with zero attached hydrogens (tertiary/aromatic N) is 2. The Morgan fingerprint density at radius 1 is 1.65 bits per heavy atom. The van der Waals surface area contributed by atoms with E-state index in [0.717, 1.165) is 35.2 Å². The van der Waals surface area contributed by atoms with Crippen molar-refractivity contribution < 1.29 is 4.79 Å². The molecule has 1 aliphatic rings. The Morgan fingerprint density at radius 3 is 3.12 bits per heavy atom. The van der Waals surface area contributed by atoms with Crippen LogP contribution in [-0.2, 0) is 4.79 Å². The van der Waals surface area contributed by atoms with E-state index in [2.05, 4.69) is 31.1 Å². The summed E-state index contributed by atoms with van der Waals surface area (Å²) < 4.78 is 0.982. The van der Waals surface area contributed by atoms with E-state index in [4.69, 9.17) is 0 Å². The van der Waals surface area contributed by atoms with Crippen molar-refractivity contribution in [2.45, 2.75) is 25.8 Å². The normalized spacial score (nSPS) is 19.5. The fourth-order valence-electron chi connectivity index (χ4n) is 2.19. The van der Waals surface area contributed by atoms with E-state index in [-0.39, 0.29) is 11.9 Å². The number of rotatable bonds is 2. The van der Waals surface area contributed by atoms with E-state index in [1.807, 2.05) is 13.0 Å². The monoisotopic (exact) mass is 297 g/mol. The molecule has 1 aromatic heterocycles. The molecule has 2 heterocycles. The first-order valence-electron chi connectivity index (χ1n) is 5.74. The molecule has 0 aliphatic carbocycles. The Labute approximate surface area is 110 Å². The number of halogens is 1. The minimum Gasteiger partial charge on any atom is -0.357 e. The molecular formula is C12H16BrN3O. The van der Waals surface area contributed by atoms with E-state index < -0.39 is 0 Å². The Balaban J connectivity index is 2.32. The summed E-state index contributed by atoms with van der Waals surface area (Å²) in [5, 5.41) is 2.72. The van der Waals surface area contributed by atoms with Crippen molar-refractivity contribution in [3.63, 3.8) is 0 Å². The van der Waals surface area contributed by atoms with Gasteiger partial charge in [0.15, 0.2) is 0 Å². The Bertz CT molecular complexity index is 436. The summed E-state index contributed by atoms with van der Waals surface area (Å²) in [7, 11) is 1.68. The van der Waals surface area contributed by atoms with Crippen LogP contribution in [0.5, 0.6) is 0 Å². The smallest absolute Gasteiger partial charge is 0.242 e. The molecule has 1 aliphatic heterocycles. The van der Waals surface area contributed by atoms with Crippen molar-refractivity contribution in [1.29, 1.82) is 0 Å². The van der Waals surface area contributed by atoms with Gasteiger partial charge in [0.1, 0.15) is 11.9 Å². The van der Waals surface area contributed by atoms with Gasteiger partial charge in [-0.05, 0) is 47.3 Å². The van der Waals surface area contributed by atoms with Crippen molar-refractivity contribution in [3.8, 4) is 0 Å². The standard InChI is InChI=1S/C12H16BrN3O/c1-8-5-6-15-11(10(8)13)16-7-3-4-9(16)12(17)14-2/h5-6,9H,3-4,7H2,1-2H3,(H,14,17). The molecule has 0 spiro atoms. The average Bonchev–Trinajstić information content (AvgIpc) is 2.80. The highest BCUT2D eigenvalue weighted by molar-refractivity contribution is 9.10. The average molecular weight is 298 g/mol. The van der Waals surface area contributed by atoms with E-state index in [1.165, 1.54) is 0 Å². The Kier molecular flexibility index (Phi) is 3.66. The molecule has 0 bridgehead atoms. The molecule has 1 amide bonds. The quantitative estimate of drug-likeness (QED) is 0.906. The largest absolute Gasteiger partial charge is 0.357 e. The first kappa shape index (κ1) is 12.4. The van der Waals surface area contributed by atoms with Crippen molar-refractivity contribution in [2.24, 2.45) is 0 Å². The van der Waals surface area contributed by atoms with E-state index in [9.17, 15) is 4.79 Å². The molecule has 92 valence electrons. The second-order valence-electron chi connectivity index (χ2n) is 4.23. The van der Waals surface area contributed by atoms with Gasteiger partial charge >= 0.3 is 0 Å². The number of aryl methyl sites for hydroxylation is 1. The fraction of sp³-hybridized carbons (Fsp3) is 0.500. The van der Waals surface area contributed by atoms with Crippen LogP contribution in [0.25, 0.3) is 0 Å². The minimum atomic E-state index is -0.0920. The van der Waals surface area contributed by atoms with E-state index >= 15 is 0 Å². The molecule has 1 saturated heterocycles. The summed E-state index contributed by atoms with van der Waals surface area (Å²) in [6, 6.07) is 1.86. The lowest BCUT2D eigenvalue weighted by Gasteiger charge is -2.25. The van der Waals surface area contributed by atoms with Gasteiger partial charge in [-0.2, -0.15) is 0 Å². The molecule has 0 radical (unpaired) electrons. The Hall–Kier alpha value is -1.10. The number of hydrogen-bond donors (Lipinski definition) is 1. The lowest BCUT2D eigenvalue weighted by Crippen LogP contribution is -2.42. The molecule has 1 N–H and O–H groups in total. The molecule has 0 saturated carbocycles. The second-order valence-corrected chi connectivity index (χ2v) is 5.02. The molecule has 17 heavy (non-hydrogen) atoms. The van der Waals surface area contributed by atoms with Crippen LogP contribution >= 0.6 is 15.9 Å². The summed E-state index contributed by atoms with van der Waals surface area (Å²) in [5.41, 5.74) is 1.14. The maximum absolute atomic E-state index is 11.8. The number of aromatic nitrogens is 1. The number of anilines is 1. The van der Waals surface area contributed by atoms with Gasteiger partial charge in [-0.3, -0.25) is 4.79 Å². The molecule has 1 fully saturated rings. The van der Waals surface area contributed by atoms with Gasteiger partial charge in [-0.15, -0.1) is 0 Å². The van der Waals surface area contributed by atoms with Crippen LogP contribution in [0, 0.1) is 6.92 Å². The third-order valence-electron chi connectivity index (χ3n) is 3.14. The summed E-state index contributed by atoms with van der Waals surface area (Å²) in [5.74, 6) is 0.939. The molecule has 1 aromatic rings. The summed E-state index contributed by atoms with van der Waals surface area (Å²) in [6.07, 6.45) is 3.70. The molecule has 5 heteroatoms. The number of likely N-dealkylation sites (N-methyl/N-ethyl adjacent to an activating group) is 1. The molecule has 1 atom stereocenters. The number of pyridine rings is 1. The highest BCUT2D eigenvalue weighted by Crippen LogP contribution is 2.32. The van der Waals surface area contributed by atoms with Gasteiger partial charge in [0.25, 0.3) is 0 Å². The predicted molar refractivity (Wildman–Crippen MR) is 71.1 cm³/mol. The lowest BCUT2D eigenvalue weighted by molar-refractivity contribution is -0.121. The zero-order chi connectivity index (χ0) is 12.4. The van der Waals surface area contributed by atoms with Gasteiger partial charge < -0.3 is 10.2 Å². The first-order valence-corrected chi connectivity index (χ1v) is 6.53. The highest BCUT2D eigenvalue weighted by Gasteiger charge is 2.32. The van der Waals surface area contributed by atoms with Crippen molar-refractivity contribution in [2.75, 3.05) is 18.5 Å². The van der Waals surface area contributed by atoms with Crippen molar-refractivity contribution in [1.82, 2.24) is 10.3 Å². The van der Waals surface area contributed by atoms with Gasteiger partial charge in [0.05, 0.1) is 4.47 Å². The predicted octanol–water partition coefficient (Wildman–Crippen LogP) is 1.87. The molecule has 2 rings (SSSR count). The molecule has 4 nitrogen and oxygen atoms in total. The number of carbonyl (C=O) groups excluding carboxylic acids is 1. The SMILES string of the molecule is CNC(=O)C1CCCN1c1nccc(C)c1Br. The van der Waals surface area contributed by atoms with Crippen LogP contribution in [0.15, 0.2) is 16.7 Å². The van der Waals surface area contributed by atoms with Crippen molar-refractivity contribution >= 4 is 27.7 Å². The van der Waals surface area contributed by atoms with Gasteiger partial charge in [0.2, 0.25) is 5.91 Å². The van der Waals surface area contributed by atoms with Crippen molar-refractivity contribution in [3.05, 3.63) is 22.3 Å². The maximum Gasteiger partial charge on any atom is 0.242 e. The maximum atomic E-state index is 11.8. The molecular weight excluding hydrogens is 282 g/mol. The Morgan fingerprint density at radius 2 is 2.41 bits per heavy atom. The van der Waals surface area contributed by atoms with Crippen LogP contribution in [0.2, 0.25) is 0 Å².